The highest BCUT2D eigenvalue weighted by Crippen LogP contribution is 2.23. The van der Waals surface area contributed by atoms with Gasteiger partial charge in [0.2, 0.25) is 0 Å². The molecule has 0 aliphatic heterocycles. The smallest absolute Gasteiger partial charge is 0.138 e. The first-order chi connectivity index (χ1) is 9.13. The lowest BCUT2D eigenvalue weighted by Gasteiger charge is -2.08. The highest BCUT2D eigenvalue weighted by molar-refractivity contribution is 9.11. The van der Waals surface area contributed by atoms with Gasteiger partial charge in [-0.2, -0.15) is 0 Å². The number of ether oxygens (including phenoxy) is 1. The van der Waals surface area contributed by atoms with Crippen LogP contribution in [0.5, 0.6) is 5.75 Å². The molecule has 0 atom stereocenters. The Labute approximate surface area is 126 Å². The Morgan fingerprint density at radius 1 is 1.32 bits per heavy atom. The Bertz CT molecular complexity index is 510. The van der Waals surface area contributed by atoms with E-state index < -0.39 is 0 Å². The highest BCUT2D eigenvalue weighted by atomic mass is 79.9. The average molecular weight is 341 g/mol. The van der Waals surface area contributed by atoms with E-state index in [1.807, 2.05) is 18.2 Å². The van der Waals surface area contributed by atoms with E-state index in [2.05, 4.69) is 46.1 Å². The summed E-state index contributed by atoms with van der Waals surface area (Å²) in [4.78, 5) is 5.57. The maximum Gasteiger partial charge on any atom is 0.138 e. The van der Waals surface area contributed by atoms with Crippen LogP contribution in [0.15, 0.2) is 34.2 Å². The topological polar surface area (TPSA) is 34.1 Å². The summed E-state index contributed by atoms with van der Waals surface area (Å²) < 4.78 is 6.82. The van der Waals surface area contributed by atoms with Crippen molar-refractivity contribution in [2.45, 2.75) is 33.0 Å². The molecule has 0 unspecified atom stereocenters. The van der Waals surface area contributed by atoms with Crippen LogP contribution in [0.4, 0.5) is 0 Å². The Kier molecular flexibility index (Phi) is 5.36. The first kappa shape index (κ1) is 14.5. The predicted octanol–water partition coefficient (Wildman–Crippen LogP) is 3.98. The van der Waals surface area contributed by atoms with Crippen LogP contribution in [0.25, 0.3) is 0 Å². The molecule has 2 rings (SSSR count). The van der Waals surface area contributed by atoms with Gasteiger partial charge >= 0.3 is 0 Å². The summed E-state index contributed by atoms with van der Waals surface area (Å²) in [5.41, 5.74) is 1.03. The van der Waals surface area contributed by atoms with E-state index in [-0.39, 0.29) is 0 Å². The van der Waals surface area contributed by atoms with Gasteiger partial charge in [-0.05, 0) is 40.2 Å². The fourth-order valence-electron chi connectivity index (χ4n) is 1.49. The minimum Gasteiger partial charge on any atom is -0.486 e. The van der Waals surface area contributed by atoms with Gasteiger partial charge in [-0.15, -0.1) is 11.3 Å². The summed E-state index contributed by atoms with van der Waals surface area (Å²) in [6.45, 7) is 5.62. The van der Waals surface area contributed by atoms with Crippen LogP contribution in [0.3, 0.4) is 0 Å². The van der Waals surface area contributed by atoms with Crippen molar-refractivity contribution < 1.29 is 4.74 Å². The summed E-state index contributed by atoms with van der Waals surface area (Å²) in [6, 6.07) is 8.52. The summed E-state index contributed by atoms with van der Waals surface area (Å²) in [6.07, 6.45) is 1.78. The maximum absolute atomic E-state index is 5.69. The molecular formula is C14H17BrN2OS. The van der Waals surface area contributed by atoms with Gasteiger partial charge in [0.15, 0.2) is 0 Å². The van der Waals surface area contributed by atoms with Gasteiger partial charge in [-0.1, -0.05) is 13.8 Å². The van der Waals surface area contributed by atoms with Crippen LogP contribution < -0.4 is 10.1 Å². The maximum atomic E-state index is 5.69. The second-order valence-electron chi connectivity index (χ2n) is 4.52. The molecular weight excluding hydrogens is 324 g/mol. The molecule has 5 heteroatoms. The number of pyridine rings is 1. The standard InChI is InChI=1S/C14H17BrN2OS/c1-10(2)16-7-11-3-4-12(8-17-11)18-9-13-5-6-14(15)19-13/h3-6,8,10,16H,7,9H2,1-2H3. The van der Waals surface area contributed by atoms with E-state index in [1.54, 1.807) is 17.5 Å². The molecule has 0 aliphatic carbocycles. The lowest BCUT2D eigenvalue weighted by atomic mass is 10.3. The predicted molar refractivity (Wildman–Crippen MR) is 82.6 cm³/mol. The van der Waals surface area contributed by atoms with Gasteiger partial charge < -0.3 is 10.1 Å². The Morgan fingerprint density at radius 3 is 2.74 bits per heavy atom. The largest absolute Gasteiger partial charge is 0.486 e. The van der Waals surface area contributed by atoms with Gasteiger partial charge in [0, 0.05) is 17.5 Å². The molecule has 0 aromatic carbocycles. The number of thiophene rings is 1. The third-order valence-electron chi connectivity index (χ3n) is 2.50. The molecule has 102 valence electrons. The monoisotopic (exact) mass is 340 g/mol. The molecule has 3 nitrogen and oxygen atoms in total. The highest BCUT2D eigenvalue weighted by Gasteiger charge is 2.01. The number of aromatic nitrogens is 1. The summed E-state index contributed by atoms with van der Waals surface area (Å²) >= 11 is 5.12. The van der Waals surface area contributed by atoms with Gasteiger partial charge in [0.1, 0.15) is 12.4 Å². The Hall–Kier alpha value is -0.910. The molecule has 0 spiro atoms. The van der Waals surface area contributed by atoms with Crippen molar-refractivity contribution in [3.8, 4) is 5.75 Å². The van der Waals surface area contributed by atoms with E-state index in [4.69, 9.17) is 4.74 Å². The van der Waals surface area contributed by atoms with Gasteiger partial charge in [-0.25, -0.2) is 0 Å². The third kappa shape index (κ3) is 4.93. The fraction of sp³-hybridized carbons (Fsp3) is 0.357. The number of nitrogens with one attached hydrogen (secondary N) is 1. The van der Waals surface area contributed by atoms with E-state index >= 15 is 0 Å². The normalized spacial score (nSPS) is 10.9. The number of nitrogens with zero attached hydrogens (tertiary/aromatic N) is 1. The van der Waals surface area contributed by atoms with Gasteiger partial charge in [0.05, 0.1) is 15.7 Å². The molecule has 0 saturated carbocycles. The van der Waals surface area contributed by atoms with Crippen LogP contribution in [-0.2, 0) is 13.2 Å². The lowest BCUT2D eigenvalue weighted by molar-refractivity contribution is 0.308. The average Bonchev–Trinajstić information content (AvgIpc) is 2.81. The fourth-order valence-corrected chi connectivity index (χ4v) is 2.89. The van der Waals surface area contributed by atoms with Crippen LogP contribution in [0.1, 0.15) is 24.4 Å². The van der Waals surface area contributed by atoms with Crippen molar-refractivity contribution in [3.05, 3.63) is 44.8 Å². The quantitative estimate of drug-likeness (QED) is 0.863. The second-order valence-corrected chi connectivity index (χ2v) is 7.06. The zero-order valence-electron chi connectivity index (χ0n) is 11.0. The first-order valence-electron chi connectivity index (χ1n) is 6.19. The van der Waals surface area contributed by atoms with Crippen molar-refractivity contribution in [2.24, 2.45) is 0 Å². The molecule has 2 heterocycles. The van der Waals surface area contributed by atoms with Crippen LogP contribution in [0.2, 0.25) is 0 Å². The molecule has 0 saturated heterocycles. The molecule has 2 aromatic heterocycles. The summed E-state index contributed by atoms with van der Waals surface area (Å²) in [5.74, 6) is 0.804. The van der Waals surface area contributed by atoms with Crippen LogP contribution in [-0.4, -0.2) is 11.0 Å². The molecule has 0 bridgehead atoms. The van der Waals surface area contributed by atoms with Crippen molar-refractivity contribution >= 4 is 27.3 Å². The zero-order chi connectivity index (χ0) is 13.7. The van der Waals surface area contributed by atoms with E-state index in [9.17, 15) is 0 Å². The molecule has 2 aromatic rings. The number of hydrogen-bond acceptors (Lipinski definition) is 4. The molecule has 0 aliphatic rings. The van der Waals surface area contributed by atoms with E-state index in [0.29, 0.717) is 12.6 Å². The van der Waals surface area contributed by atoms with Gasteiger partial charge in [-0.3, -0.25) is 4.98 Å². The minimum atomic E-state index is 0.468. The lowest BCUT2D eigenvalue weighted by Crippen LogP contribution is -2.22. The van der Waals surface area contributed by atoms with E-state index in [1.165, 1.54) is 4.88 Å². The van der Waals surface area contributed by atoms with E-state index in [0.717, 1.165) is 21.8 Å². The number of halogens is 1. The van der Waals surface area contributed by atoms with Crippen molar-refractivity contribution in [3.63, 3.8) is 0 Å². The zero-order valence-corrected chi connectivity index (χ0v) is 13.4. The molecule has 19 heavy (non-hydrogen) atoms. The summed E-state index contributed by atoms with van der Waals surface area (Å²) in [7, 11) is 0. The molecule has 1 N–H and O–H groups in total. The van der Waals surface area contributed by atoms with Crippen LogP contribution >= 0.6 is 27.3 Å². The molecule has 0 radical (unpaired) electrons. The Balaban J connectivity index is 1.84. The minimum absolute atomic E-state index is 0.468. The molecule has 0 amide bonds. The van der Waals surface area contributed by atoms with Crippen molar-refractivity contribution in [2.75, 3.05) is 0 Å². The van der Waals surface area contributed by atoms with Crippen LogP contribution in [0, 0.1) is 0 Å². The number of rotatable bonds is 6. The third-order valence-corrected chi connectivity index (χ3v) is 4.10. The van der Waals surface area contributed by atoms with Crippen molar-refractivity contribution in [1.29, 1.82) is 0 Å². The van der Waals surface area contributed by atoms with Crippen molar-refractivity contribution in [1.82, 2.24) is 10.3 Å². The van der Waals surface area contributed by atoms with Gasteiger partial charge in [0.25, 0.3) is 0 Å². The SMILES string of the molecule is CC(C)NCc1ccc(OCc2ccc(Br)s2)cn1. The first-order valence-corrected chi connectivity index (χ1v) is 7.80. The Morgan fingerprint density at radius 2 is 2.16 bits per heavy atom. The summed E-state index contributed by atoms with van der Waals surface area (Å²) in [5, 5.41) is 3.33. The second kappa shape index (κ2) is 7.03. The molecule has 0 fully saturated rings. The number of hydrogen-bond donors (Lipinski definition) is 1.